The first-order valence-electron chi connectivity index (χ1n) is 5.26. The maximum Gasteiger partial charge on any atom is 0.0642 e. The van der Waals surface area contributed by atoms with Crippen LogP contribution >= 0.6 is 0 Å². The Morgan fingerprint density at radius 3 is 2.00 bits per heavy atom. The van der Waals surface area contributed by atoms with Gasteiger partial charge in [-0.1, -0.05) is 40.5 Å². The lowest BCUT2D eigenvalue weighted by molar-refractivity contribution is 0.0205. The van der Waals surface area contributed by atoms with Crippen molar-refractivity contribution in [3.05, 3.63) is 0 Å². The molecule has 0 saturated heterocycles. The van der Waals surface area contributed by atoms with E-state index in [0.717, 1.165) is 31.6 Å². The summed E-state index contributed by atoms with van der Waals surface area (Å²) in [6.07, 6.45) is 5.15. The molecule has 0 heterocycles. The minimum Gasteiger partial charge on any atom is -0.390 e. The second-order valence-electron chi connectivity index (χ2n) is 4.22. The van der Waals surface area contributed by atoms with E-state index in [0.29, 0.717) is 0 Å². The first kappa shape index (κ1) is 12.0. The lowest BCUT2D eigenvalue weighted by Gasteiger charge is -2.25. The van der Waals surface area contributed by atoms with E-state index in [9.17, 15) is 5.11 Å². The van der Waals surface area contributed by atoms with Crippen molar-refractivity contribution in [3.63, 3.8) is 0 Å². The van der Waals surface area contributed by atoms with Gasteiger partial charge in [0.05, 0.1) is 5.60 Å². The van der Waals surface area contributed by atoms with Gasteiger partial charge in [-0.15, -0.1) is 0 Å². The van der Waals surface area contributed by atoms with Crippen molar-refractivity contribution >= 4 is 0 Å². The predicted molar refractivity (Wildman–Crippen MR) is 54.2 cm³/mol. The van der Waals surface area contributed by atoms with Crippen LogP contribution in [0.2, 0.25) is 0 Å². The SMILES string of the molecule is CCC(O)(CC)CCCC(C)C. The quantitative estimate of drug-likeness (QED) is 0.651. The number of hydrogen-bond donors (Lipinski definition) is 1. The third-order valence-corrected chi connectivity index (χ3v) is 2.74. The summed E-state index contributed by atoms with van der Waals surface area (Å²) in [6.45, 7) is 8.60. The van der Waals surface area contributed by atoms with Crippen LogP contribution in [0, 0.1) is 5.92 Å². The Bertz CT molecular complexity index is 104. The highest BCUT2D eigenvalue weighted by Crippen LogP contribution is 2.23. The fraction of sp³-hybridized carbons (Fsp3) is 1.00. The normalized spacial score (nSPS) is 12.5. The summed E-state index contributed by atoms with van der Waals surface area (Å²) >= 11 is 0. The zero-order valence-corrected chi connectivity index (χ0v) is 9.06. The summed E-state index contributed by atoms with van der Waals surface area (Å²) in [6, 6.07) is 0. The smallest absolute Gasteiger partial charge is 0.0642 e. The van der Waals surface area contributed by atoms with Gasteiger partial charge in [0.1, 0.15) is 0 Å². The van der Waals surface area contributed by atoms with Gasteiger partial charge in [-0.05, 0) is 25.2 Å². The molecule has 0 aromatic carbocycles. The van der Waals surface area contributed by atoms with Crippen molar-refractivity contribution in [3.8, 4) is 0 Å². The highest BCUT2D eigenvalue weighted by Gasteiger charge is 2.20. The Kier molecular flexibility index (Phi) is 5.56. The summed E-state index contributed by atoms with van der Waals surface area (Å²) in [5.41, 5.74) is -0.380. The Morgan fingerprint density at radius 2 is 1.67 bits per heavy atom. The molecule has 0 aromatic heterocycles. The molecule has 0 aromatic rings. The number of rotatable bonds is 6. The Balaban J connectivity index is 3.58. The first-order chi connectivity index (χ1) is 5.54. The maximum absolute atomic E-state index is 9.94. The minimum absolute atomic E-state index is 0.380. The molecule has 0 saturated carbocycles. The maximum atomic E-state index is 9.94. The minimum atomic E-state index is -0.380. The van der Waals surface area contributed by atoms with E-state index in [4.69, 9.17) is 0 Å². The molecule has 0 atom stereocenters. The van der Waals surface area contributed by atoms with Gasteiger partial charge in [0.25, 0.3) is 0 Å². The largest absolute Gasteiger partial charge is 0.390 e. The van der Waals surface area contributed by atoms with Crippen LogP contribution in [-0.4, -0.2) is 10.7 Å². The van der Waals surface area contributed by atoms with Crippen molar-refractivity contribution in [2.24, 2.45) is 5.92 Å². The van der Waals surface area contributed by atoms with Gasteiger partial charge in [-0.3, -0.25) is 0 Å². The average molecular weight is 172 g/mol. The zero-order valence-electron chi connectivity index (χ0n) is 9.06. The van der Waals surface area contributed by atoms with Gasteiger partial charge >= 0.3 is 0 Å². The standard InChI is InChI=1S/C11H24O/c1-5-11(12,6-2)9-7-8-10(3)4/h10,12H,5-9H2,1-4H3. The molecule has 0 unspecified atom stereocenters. The van der Waals surface area contributed by atoms with Crippen LogP contribution in [0.1, 0.15) is 59.8 Å². The number of aliphatic hydroxyl groups is 1. The fourth-order valence-corrected chi connectivity index (χ4v) is 1.44. The molecule has 0 rings (SSSR count). The fourth-order valence-electron chi connectivity index (χ4n) is 1.44. The summed E-state index contributed by atoms with van der Waals surface area (Å²) in [7, 11) is 0. The molecule has 0 amide bonds. The van der Waals surface area contributed by atoms with Crippen LogP contribution in [0.4, 0.5) is 0 Å². The van der Waals surface area contributed by atoms with Crippen molar-refractivity contribution in [1.29, 1.82) is 0 Å². The van der Waals surface area contributed by atoms with E-state index >= 15 is 0 Å². The lowest BCUT2D eigenvalue weighted by atomic mass is 9.90. The molecule has 0 spiro atoms. The van der Waals surface area contributed by atoms with Crippen molar-refractivity contribution in [2.75, 3.05) is 0 Å². The summed E-state index contributed by atoms with van der Waals surface area (Å²) < 4.78 is 0. The van der Waals surface area contributed by atoms with Gasteiger partial charge in [0.15, 0.2) is 0 Å². The Labute approximate surface area is 77.2 Å². The van der Waals surface area contributed by atoms with Gasteiger partial charge in [0.2, 0.25) is 0 Å². The predicted octanol–water partition coefficient (Wildman–Crippen LogP) is 3.36. The molecule has 0 aliphatic heterocycles. The molecule has 0 aliphatic carbocycles. The molecule has 74 valence electrons. The molecule has 1 N–H and O–H groups in total. The second kappa shape index (κ2) is 5.58. The van der Waals surface area contributed by atoms with E-state index < -0.39 is 0 Å². The third kappa shape index (κ3) is 4.76. The van der Waals surface area contributed by atoms with Crippen LogP contribution < -0.4 is 0 Å². The van der Waals surface area contributed by atoms with Crippen LogP contribution in [0.15, 0.2) is 0 Å². The van der Waals surface area contributed by atoms with Crippen molar-refractivity contribution in [1.82, 2.24) is 0 Å². The monoisotopic (exact) mass is 172 g/mol. The molecule has 0 bridgehead atoms. The van der Waals surface area contributed by atoms with E-state index in [2.05, 4.69) is 27.7 Å². The van der Waals surface area contributed by atoms with E-state index in [1.165, 1.54) is 6.42 Å². The van der Waals surface area contributed by atoms with Crippen molar-refractivity contribution < 1.29 is 5.11 Å². The van der Waals surface area contributed by atoms with E-state index in [1.54, 1.807) is 0 Å². The molecule has 0 fully saturated rings. The van der Waals surface area contributed by atoms with Crippen LogP contribution in [0.5, 0.6) is 0 Å². The third-order valence-electron chi connectivity index (χ3n) is 2.74. The van der Waals surface area contributed by atoms with Gasteiger partial charge in [-0.25, -0.2) is 0 Å². The molecule has 1 heteroatoms. The Morgan fingerprint density at radius 1 is 1.17 bits per heavy atom. The van der Waals surface area contributed by atoms with E-state index in [-0.39, 0.29) is 5.60 Å². The number of hydrogen-bond acceptors (Lipinski definition) is 1. The summed E-state index contributed by atoms with van der Waals surface area (Å²) in [5.74, 6) is 0.767. The lowest BCUT2D eigenvalue weighted by Crippen LogP contribution is -2.26. The van der Waals surface area contributed by atoms with Gasteiger partial charge in [0, 0.05) is 0 Å². The van der Waals surface area contributed by atoms with Crippen molar-refractivity contribution in [2.45, 2.75) is 65.4 Å². The van der Waals surface area contributed by atoms with Crippen LogP contribution in [-0.2, 0) is 0 Å². The second-order valence-corrected chi connectivity index (χ2v) is 4.22. The highest BCUT2D eigenvalue weighted by molar-refractivity contribution is 4.74. The van der Waals surface area contributed by atoms with E-state index in [1.807, 2.05) is 0 Å². The molecular weight excluding hydrogens is 148 g/mol. The summed E-state index contributed by atoms with van der Waals surface area (Å²) in [4.78, 5) is 0. The molecule has 1 nitrogen and oxygen atoms in total. The Hall–Kier alpha value is -0.0400. The van der Waals surface area contributed by atoms with Crippen LogP contribution in [0.25, 0.3) is 0 Å². The summed E-state index contributed by atoms with van der Waals surface area (Å²) in [5, 5.41) is 9.94. The highest BCUT2D eigenvalue weighted by atomic mass is 16.3. The topological polar surface area (TPSA) is 20.2 Å². The zero-order chi connectivity index (χ0) is 9.61. The molecule has 12 heavy (non-hydrogen) atoms. The van der Waals surface area contributed by atoms with Crippen LogP contribution in [0.3, 0.4) is 0 Å². The molecular formula is C11H24O. The van der Waals surface area contributed by atoms with Gasteiger partial charge < -0.3 is 5.11 Å². The first-order valence-corrected chi connectivity index (χ1v) is 5.26. The molecule has 0 aliphatic rings. The average Bonchev–Trinajstić information content (AvgIpc) is 2.03. The van der Waals surface area contributed by atoms with Gasteiger partial charge in [-0.2, -0.15) is 0 Å². The molecule has 0 radical (unpaired) electrons.